The lowest BCUT2D eigenvalue weighted by Crippen LogP contribution is -2.44. The number of aryl methyl sites for hydroxylation is 2. The number of ether oxygens (including phenoxy) is 1. The van der Waals surface area contributed by atoms with Crippen LogP contribution in [0.1, 0.15) is 11.1 Å². The Morgan fingerprint density at radius 1 is 0.969 bits per heavy atom. The lowest BCUT2D eigenvalue weighted by Gasteiger charge is -2.32. The molecule has 32 heavy (non-hydrogen) atoms. The number of benzene rings is 2. The highest BCUT2D eigenvalue weighted by Crippen LogP contribution is 2.22. The highest BCUT2D eigenvalue weighted by atomic mass is 16.5. The maximum Gasteiger partial charge on any atom is 0.262 e. The van der Waals surface area contributed by atoms with E-state index in [1.54, 1.807) is 0 Å². The molecule has 7 nitrogen and oxygen atoms in total. The highest BCUT2D eigenvalue weighted by molar-refractivity contribution is 5.92. The number of rotatable bonds is 6. The molecule has 166 valence electrons. The van der Waals surface area contributed by atoms with Gasteiger partial charge in [-0.1, -0.05) is 29.8 Å². The summed E-state index contributed by atoms with van der Waals surface area (Å²) in [6, 6.07) is 17.5. The third-order valence-corrected chi connectivity index (χ3v) is 5.63. The molecular formula is C25H29N5O2. The van der Waals surface area contributed by atoms with Crippen molar-refractivity contribution < 1.29 is 9.53 Å². The number of likely N-dealkylation sites (N-methyl/N-ethyl adjacent to an activating group) is 1. The molecule has 0 unspecified atom stereocenters. The largest absolute Gasteiger partial charge is 0.483 e. The number of anilines is 2. The van der Waals surface area contributed by atoms with Gasteiger partial charge in [0.2, 0.25) is 0 Å². The van der Waals surface area contributed by atoms with Crippen LogP contribution in [0.4, 0.5) is 11.5 Å². The maximum atomic E-state index is 12.3. The molecule has 3 aromatic rings. The van der Waals surface area contributed by atoms with Crippen LogP contribution in [0.3, 0.4) is 0 Å². The van der Waals surface area contributed by atoms with E-state index >= 15 is 0 Å². The first-order valence-corrected chi connectivity index (χ1v) is 10.9. The van der Waals surface area contributed by atoms with Gasteiger partial charge in [-0.2, -0.15) is 0 Å². The molecule has 1 aliphatic rings. The summed E-state index contributed by atoms with van der Waals surface area (Å²) < 4.78 is 5.65. The minimum atomic E-state index is -0.200. The fourth-order valence-electron chi connectivity index (χ4n) is 3.71. The van der Waals surface area contributed by atoms with E-state index in [1.165, 1.54) is 0 Å². The highest BCUT2D eigenvalue weighted by Gasteiger charge is 2.15. The molecule has 2 aromatic carbocycles. The van der Waals surface area contributed by atoms with E-state index in [1.807, 2.05) is 68.4 Å². The molecule has 1 aliphatic heterocycles. The predicted octanol–water partition coefficient (Wildman–Crippen LogP) is 3.53. The summed E-state index contributed by atoms with van der Waals surface area (Å²) in [6.45, 7) is 7.96. The molecule has 0 atom stereocenters. The van der Waals surface area contributed by atoms with Gasteiger partial charge in [0.1, 0.15) is 5.75 Å². The van der Waals surface area contributed by atoms with Crippen molar-refractivity contribution in [3.8, 4) is 17.0 Å². The van der Waals surface area contributed by atoms with Gasteiger partial charge in [0, 0.05) is 37.4 Å². The molecule has 4 rings (SSSR count). The number of aromatic nitrogens is 2. The number of nitrogens with zero attached hydrogens (tertiary/aromatic N) is 4. The summed E-state index contributed by atoms with van der Waals surface area (Å²) >= 11 is 0. The lowest BCUT2D eigenvalue weighted by molar-refractivity contribution is -0.118. The number of amides is 1. The fraction of sp³-hybridized carbons (Fsp3) is 0.320. The Morgan fingerprint density at radius 2 is 1.72 bits per heavy atom. The average molecular weight is 432 g/mol. The van der Waals surface area contributed by atoms with Gasteiger partial charge in [0.25, 0.3) is 5.91 Å². The Hall–Kier alpha value is -3.45. The van der Waals surface area contributed by atoms with Gasteiger partial charge in [-0.25, -0.2) is 0 Å². The molecule has 7 heteroatoms. The second-order valence-electron chi connectivity index (χ2n) is 8.25. The summed E-state index contributed by atoms with van der Waals surface area (Å²) in [4.78, 5) is 16.8. The van der Waals surface area contributed by atoms with Gasteiger partial charge in [-0.3, -0.25) is 4.79 Å². The van der Waals surface area contributed by atoms with E-state index in [0.29, 0.717) is 5.69 Å². The zero-order chi connectivity index (χ0) is 22.5. The van der Waals surface area contributed by atoms with E-state index in [-0.39, 0.29) is 12.5 Å². The number of carbonyl (C=O) groups is 1. The second-order valence-corrected chi connectivity index (χ2v) is 8.25. The molecular weight excluding hydrogens is 402 g/mol. The van der Waals surface area contributed by atoms with E-state index < -0.39 is 0 Å². The molecule has 1 saturated heterocycles. The van der Waals surface area contributed by atoms with Crippen molar-refractivity contribution in [1.82, 2.24) is 15.1 Å². The number of carbonyl (C=O) groups excluding carboxylic acids is 1. The van der Waals surface area contributed by atoms with Crippen molar-refractivity contribution in [1.29, 1.82) is 0 Å². The summed E-state index contributed by atoms with van der Waals surface area (Å²) in [5, 5.41) is 11.7. The van der Waals surface area contributed by atoms with Gasteiger partial charge in [-0.15, -0.1) is 10.2 Å². The van der Waals surface area contributed by atoms with Crippen LogP contribution >= 0.6 is 0 Å². The van der Waals surface area contributed by atoms with Gasteiger partial charge < -0.3 is 19.9 Å². The van der Waals surface area contributed by atoms with Crippen LogP contribution in [0.5, 0.6) is 5.75 Å². The van der Waals surface area contributed by atoms with Crippen LogP contribution < -0.4 is 15.0 Å². The van der Waals surface area contributed by atoms with Crippen LogP contribution in [-0.4, -0.2) is 60.8 Å². The predicted molar refractivity (Wildman–Crippen MR) is 127 cm³/mol. The third-order valence-electron chi connectivity index (χ3n) is 5.63. The molecule has 0 aliphatic carbocycles. The molecule has 2 heterocycles. The summed E-state index contributed by atoms with van der Waals surface area (Å²) in [7, 11) is 2.14. The number of hydrogen-bond acceptors (Lipinski definition) is 6. The third kappa shape index (κ3) is 5.42. The minimum Gasteiger partial charge on any atom is -0.483 e. The van der Waals surface area contributed by atoms with Crippen molar-refractivity contribution in [2.45, 2.75) is 13.8 Å². The Kier molecular flexibility index (Phi) is 6.66. The molecule has 0 spiro atoms. The first-order chi connectivity index (χ1) is 15.5. The van der Waals surface area contributed by atoms with E-state index in [2.05, 4.69) is 32.4 Å². The van der Waals surface area contributed by atoms with Crippen molar-refractivity contribution in [3.63, 3.8) is 0 Å². The Labute approximate surface area is 189 Å². The van der Waals surface area contributed by atoms with Crippen LogP contribution in [0.2, 0.25) is 0 Å². The van der Waals surface area contributed by atoms with Crippen LogP contribution in [0.15, 0.2) is 54.6 Å². The maximum absolute atomic E-state index is 12.3. The van der Waals surface area contributed by atoms with Crippen molar-refractivity contribution >= 4 is 17.4 Å². The van der Waals surface area contributed by atoms with Gasteiger partial charge >= 0.3 is 0 Å². The van der Waals surface area contributed by atoms with Crippen molar-refractivity contribution in [3.05, 3.63) is 65.7 Å². The fourth-order valence-corrected chi connectivity index (χ4v) is 3.71. The topological polar surface area (TPSA) is 70.6 Å². The molecule has 1 amide bonds. The second kappa shape index (κ2) is 9.78. The van der Waals surface area contributed by atoms with Crippen molar-refractivity contribution in [2.24, 2.45) is 0 Å². The number of hydrogen-bond donors (Lipinski definition) is 1. The van der Waals surface area contributed by atoms with Gasteiger partial charge in [0.15, 0.2) is 12.4 Å². The minimum absolute atomic E-state index is 0.0368. The molecule has 1 fully saturated rings. The normalized spacial score (nSPS) is 14.3. The number of nitrogens with one attached hydrogen (secondary N) is 1. The van der Waals surface area contributed by atoms with E-state index in [9.17, 15) is 4.79 Å². The Balaban J connectivity index is 1.32. The monoisotopic (exact) mass is 431 g/mol. The summed E-state index contributed by atoms with van der Waals surface area (Å²) in [5.41, 5.74) is 4.65. The van der Waals surface area contributed by atoms with Crippen LogP contribution in [0.25, 0.3) is 11.3 Å². The average Bonchev–Trinajstić information content (AvgIpc) is 2.80. The smallest absolute Gasteiger partial charge is 0.262 e. The Morgan fingerprint density at radius 3 is 2.38 bits per heavy atom. The SMILES string of the molecule is Cc1ccc(OCC(=O)Nc2ccc(-c3ccc(N4CCN(C)CC4)nn3)cc2)c(C)c1. The standard InChI is InChI=1S/C25H29N5O2/c1-18-4-10-23(19(2)16-18)32-17-25(31)26-21-7-5-20(6-8-21)22-9-11-24(28-27-22)30-14-12-29(3)13-15-30/h4-11,16H,12-15,17H2,1-3H3,(H,26,31). The van der Waals surface area contributed by atoms with E-state index in [0.717, 1.165) is 60.1 Å². The quantitative estimate of drug-likeness (QED) is 0.644. The van der Waals surface area contributed by atoms with E-state index in [4.69, 9.17) is 4.74 Å². The summed E-state index contributed by atoms with van der Waals surface area (Å²) in [5.74, 6) is 1.43. The zero-order valence-corrected chi connectivity index (χ0v) is 18.8. The first kappa shape index (κ1) is 21.8. The van der Waals surface area contributed by atoms with Crippen molar-refractivity contribution in [2.75, 3.05) is 50.1 Å². The van der Waals surface area contributed by atoms with Crippen LogP contribution in [-0.2, 0) is 4.79 Å². The molecule has 0 bridgehead atoms. The lowest BCUT2D eigenvalue weighted by atomic mass is 10.1. The van der Waals surface area contributed by atoms with Gasteiger partial charge in [0.05, 0.1) is 5.69 Å². The molecule has 1 N–H and O–H groups in total. The number of piperazine rings is 1. The van der Waals surface area contributed by atoms with Gasteiger partial charge in [-0.05, 0) is 56.8 Å². The zero-order valence-electron chi connectivity index (χ0n) is 18.8. The Bertz CT molecular complexity index is 1060. The van der Waals surface area contributed by atoms with Crippen LogP contribution in [0, 0.1) is 13.8 Å². The molecule has 0 saturated carbocycles. The molecule has 0 radical (unpaired) electrons. The first-order valence-electron chi connectivity index (χ1n) is 10.9. The molecule has 1 aromatic heterocycles. The summed E-state index contributed by atoms with van der Waals surface area (Å²) in [6.07, 6.45) is 0.